The number of hydrogen-bond acceptors (Lipinski definition) is 4. The number of nitrogens with zero attached hydrogens (tertiary/aromatic N) is 1. The normalized spacial score (nSPS) is 24.8. The second-order valence-electron chi connectivity index (χ2n) is 6.32. The van der Waals surface area contributed by atoms with Gasteiger partial charge in [0, 0.05) is 17.5 Å². The molecule has 0 spiro atoms. The van der Waals surface area contributed by atoms with E-state index in [4.69, 9.17) is 0 Å². The van der Waals surface area contributed by atoms with Crippen molar-refractivity contribution in [2.75, 3.05) is 11.9 Å². The SMILES string of the molecule is OC1(CNc2nc(-c3ccccc3)cs2)CCCC(C(F)(F)F)C1. The van der Waals surface area contributed by atoms with Crippen molar-refractivity contribution in [1.82, 2.24) is 4.98 Å². The number of alkyl halides is 3. The molecule has 2 N–H and O–H groups in total. The van der Waals surface area contributed by atoms with Crippen LogP contribution >= 0.6 is 11.3 Å². The van der Waals surface area contributed by atoms with Crippen LogP contribution in [0.15, 0.2) is 35.7 Å². The number of anilines is 1. The molecule has 3 rings (SSSR count). The van der Waals surface area contributed by atoms with Crippen LogP contribution in [0.2, 0.25) is 0 Å². The van der Waals surface area contributed by atoms with Crippen LogP contribution in [-0.4, -0.2) is 28.4 Å². The fourth-order valence-corrected chi connectivity index (χ4v) is 3.84. The second kappa shape index (κ2) is 6.72. The van der Waals surface area contributed by atoms with Gasteiger partial charge in [-0.25, -0.2) is 4.98 Å². The summed E-state index contributed by atoms with van der Waals surface area (Å²) in [5.74, 6) is -1.42. The lowest BCUT2D eigenvalue weighted by Gasteiger charge is -2.37. The van der Waals surface area contributed by atoms with Gasteiger partial charge in [0.25, 0.3) is 0 Å². The van der Waals surface area contributed by atoms with Crippen molar-refractivity contribution >= 4 is 16.5 Å². The molecule has 1 saturated carbocycles. The van der Waals surface area contributed by atoms with Gasteiger partial charge in [-0.2, -0.15) is 13.2 Å². The van der Waals surface area contributed by atoms with Crippen molar-refractivity contribution in [2.45, 2.75) is 37.5 Å². The number of rotatable bonds is 4. The summed E-state index contributed by atoms with van der Waals surface area (Å²) in [6.07, 6.45) is -3.63. The number of halogens is 3. The standard InChI is InChI=1S/C17H19F3N2OS/c18-17(19,20)13-7-4-8-16(23,9-13)11-21-15-22-14(10-24-15)12-5-2-1-3-6-12/h1-3,5-6,10,13,23H,4,7-9,11H2,(H,21,22). The predicted octanol–water partition coefficient (Wildman–Crippen LogP) is 4.71. The first-order chi connectivity index (χ1) is 11.4. The van der Waals surface area contributed by atoms with Crippen molar-refractivity contribution in [3.8, 4) is 11.3 Å². The number of thiazole rings is 1. The van der Waals surface area contributed by atoms with E-state index in [0.29, 0.717) is 18.0 Å². The average Bonchev–Trinajstić information content (AvgIpc) is 3.02. The molecule has 0 radical (unpaired) electrons. The van der Waals surface area contributed by atoms with Gasteiger partial charge in [0.2, 0.25) is 0 Å². The molecule has 130 valence electrons. The Balaban J connectivity index is 1.62. The third-order valence-electron chi connectivity index (χ3n) is 4.43. The molecule has 2 atom stereocenters. The lowest BCUT2D eigenvalue weighted by atomic mass is 9.77. The largest absolute Gasteiger partial charge is 0.391 e. The molecule has 0 amide bonds. The molecule has 0 aliphatic heterocycles. The number of aliphatic hydroxyl groups is 1. The maximum Gasteiger partial charge on any atom is 0.391 e. The lowest BCUT2D eigenvalue weighted by Crippen LogP contribution is -2.45. The summed E-state index contributed by atoms with van der Waals surface area (Å²) < 4.78 is 38.7. The van der Waals surface area contributed by atoms with E-state index in [1.54, 1.807) is 0 Å². The summed E-state index contributed by atoms with van der Waals surface area (Å²) in [5.41, 5.74) is 0.457. The molecule has 1 aromatic carbocycles. The molecule has 0 saturated heterocycles. The van der Waals surface area contributed by atoms with Gasteiger partial charge in [-0.05, 0) is 25.7 Å². The third kappa shape index (κ3) is 4.08. The summed E-state index contributed by atoms with van der Waals surface area (Å²) in [6.45, 7) is 0.0846. The molecule has 0 bridgehead atoms. The van der Waals surface area contributed by atoms with Crippen LogP contribution < -0.4 is 5.32 Å². The van der Waals surface area contributed by atoms with E-state index >= 15 is 0 Å². The highest BCUT2D eigenvalue weighted by atomic mass is 32.1. The molecule has 1 aromatic heterocycles. The Bertz CT molecular complexity index is 674. The van der Waals surface area contributed by atoms with E-state index in [0.717, 1.165) is 11.3 Å². The van der Waals surface area contributed by atoms with Crippen LogP contribution in [0.3, 0.4) is 0 Å². The van der Waals surface area contributed by atoms with E-state index in [1.807, 2.05) is 35.7 Å². The van der Waals surface area contributed by atoms with E-state index in [1.165, 1.54) is 11.3 Å². The average molecular weight is 356 g/mol. The van der Waals surface area contributed by atoms with E-state index in [9.17, 15) is 18.3 Å². The lowest BCUT2D eigenvalue weighted by molar-refractivity contribution is -0.199. The third-order valence-corrected chi connectivity index (χ3v) is 5.23. The number of nitrogens with one attached hydrogen (secondary N) is 1. The van der Waals surface area contributed by atoms with Gasteiger partial charge in [-0.15, -0.1) is 11.3 Å². The molecule has 1 fully saturated rings. The minimum Gasteiger partial charge on any atom is -0.388 e. The minimum atomic E-state index is -4.24. The van der Waals surface area contributed by atoms with Crippen molar-refractivity contribution in [1.29, 1.82) is 0 Å². The zero-order valence-corrected chi connectivity index (χ0v) is 13.8. The van der Waals surface area contributed by atoms with Crippen molar-refractivity contribution in [3.63, 3.8) is 0 Å². The summed E-state index contributed by atoms with van der Waals surface area (Å²) >= 11 is 1.38. The maximum absolute atomic E-state index is 12.9. The summed E-state index contributed by atoms with van der Waals surface area (Å²) in [7, 11) is 0. The molecule has 1 aliphatic carbocycles. The van der Waals surface area contributed by atoms with Crippen LogP contribution in [0.25, 0.3) is 11.3 Å². The Morgan fingerprint density at radius 2 is 2.04 bits per heavy atom. The molecule has 1 heterocycles. The van der Waals surface area contributed by atoms with Gasteiger partial charge in [0.15, 0.2) is 5.13 Å². The van der Waals surface area contributed by atoms with Gasteiger partial charge in [0.05, 0.1) is 17.2 Å². The Hall–Kier alpha value is -1.60. The first-order valence-electron chi connectivity index (χ1n) is 7.90. The van der Waals surface area contributed by atoms with Crippen LogP contribution in [0, 0.1) is 5.92 Å². The van der Waals surface area contributed by atoms with E-state index in [-0.39, 0.29) is 19.4 Å². The Labute approximate surface area is 142 Å². The Kier molecular flexibility index (Phi) is 4.83. The van der Waals surface area contributed by atoms with Gasteiger partial charge in [-0.3, -0.25) is 0 Å². The van der Waals surface area contributed by atoms with Gasteiger partial charge in [-0.1, -0.05) is 30.3 Å². The predicted molar refractivity (Wildman–Crippen MR) is 89.0 cm³/mol. The fourth-order valence-electron chi connectivity index (χ4n) is 3.12. The van der Waals surface area contributed by atoms with Crippen molar-refractivity contribution in [2.24, 2.45) is 5.92 Å². The summed E-state index contributed by atoms with van der Waals surface area (Å²) in [6, 6.07) is 9.65. The number of aromatic nitrogens is 1. The Morgan fingerprint density at radius 1 is 1.29 bits per heavy atom. The zero-order chi connectivity index (χ0) is 17.2. The van der Waals surface area contributed by atoms with E-state index in [2.05, 4.69) is 10.3 Å². The zero-order valence-electron chi connectivity index (χ0n) is 13.0. The molecule has 7 heteroatoms. The highest BCUT2D eigenvalue weighted by molar-refractivity contribution is 7.14. The topological polar surface area (TPSA) is 45.1 Å². The second-order valence-corrected chi connectivity index (χ2v) is 7.17. The molecule has 2 aromatic rings. The minimum absolute atomic E-state index is 0.0846. The Morgan fingerprint density at radius 3 is 2.75 bits per heavy atom. The highest BCUT2D eigenvalue weighted by Gasteiger charge is 2.46. The number of hydrogen-bond donors (Lipinski definition) is 2. The maximum atomic E-state index is 12.9. The van der Waals surface area contributed by atoms with Gasteiger partial charge in [0.1, 0.15) is 0 Å². The first-order valence-corrected chi connectivity index (χ1v) is 8.78. The van der Waals surface area contributed by atoms with E-state index < -0.39 is 17.7 Å². The summed E-state index contributed by atoms with van der Waals surface area (Å²) in [5, 5.41) is 16.0. The monoisotopic (exact) mass is 356 g/mol. The molecule has 24 heavy (non-hydrogen) atoms. The van der Waals surface area contributed by atoms with Crippen LogP contribution in [0.5, 0.6) is 0 Å². The molecule has 3 nitrogen and oxygen atoms in total. The van der Waals surface area contributed by atoms with Crippen LogP contribution in [0.1, 0.15) is 25.7 Å². The quantitative estimate of drug-likeness (QED) is 0.834. The molecular formula is C17H19F3N2OS. The number of benzene rings is 1. The molecule has 1 aliphatic rings. The molecular weight excluding hydrogens is 337 g/mol. The van der Waals surface area contributed by atoms with Crippen LogP contribution in [0.4, 0.5) is 18.3 Å². The fraction of sp³-hybridized carbons (Fsp3) is 0.471. The van der Waals surface area contributed by atoms with Gasteiger partial charge >= 0.3 is 6.18 Å². The van der Waals surface area contributed by atoms with Crippen LogP contribution in [-0.2, 0) is 0 Å². The molecule has 2 unspecified atom stereocenters. The van der Waals surface area contributed by atoms with Gasteiger partial charge < -0.3 is 10.4 Å². The first kappa shape index (κ1) is 17.2. The summed E-state index contributed by atoms with van der Waals surface area (Å²) in [4.78, 5) is 4.44. The van der Waals surface area contributed by atoms with Crippen molar-refractivity contribution in [3.05, 3.63) is 35.7 Å². The van der Waals surface area contributed by atoms with Crippen molar-refractivity contribution < 1.29 is 18.3 Å². The highest BCUT2D eigenvalue weighted by Crippen LogP contribution is 2.41. The smallest absolute Gasteiger partial charge is 0.388 e.